The number of aromatic amines is 1. The van der Waals surface area contributed by atoms with Crippen LogP contribution < -0.4 is 14.5 Å². The van der Waals surface area contributed by atoms with Crippen molar-refractivity contribution >= 4 is 28.9 Å². The zero-order valence-corrected chi connectivity index (χ0v) is 24.8. The lowest BCUT2D eigenvalue weighted by molar-refractivity contribution is -0.727. The van der Waals surface area contributed by atoms with Crippen LogP contribution in [0.5, 0.6) is 0 Å². The van der Waals surface area contributed by atoms with E-state index in [0.29, 0.717) is 32.1 Å². The lowest BCUT2D eigenvalue weighted by atomic mass is 9.85. The number of nitrogens with zero attached hydrogens (tertiary/aromatic N) is 7. The molecule has 222 valence electrons. The Hall–Kier alpha value is -4.05. The van der Waals surface area contributed by atoms with Crippen molar-refractivity contribution in [3.05, 3.63) is 59.9 Å². The van der Waals surface area contributed by atoms with E-state index in [4.69, 9.17) is 4.99 Å². The highest BCUT2D eigenvalue weighted by atomic mass is 16.2. The highest BCUT2D eigenvalue weighted by molar-refractivity contribution is 6.08. The molecular formula is C33H39N8O2+. The molecule has 1 aromatic heterocycles. The molecule has 4 fully saturated rings. The van der Waals surface area contributed by atoms with Gasteiger partial charge in [-0.05, 0) is 79.2 Å². The van der Waals surface area contributed by atoms with Crippen LogP contribution in [0.1, 0.15) is 36.8 Å². The van der Waals surface area contributed by atoms with Gasteiger partial charge in [0, 0.05) is 73.4 Å². The molecule has 0 bridgehead atoms. The molecule has 1 spiro atoms. The molecule has 1 aliphatic carbocycles. The number of hydrogen-bond donors (Lipinski definition) is 1. The van der Waals surface area contributed by atoms with Gasteiger partial charge in [-0.25, -0.2) is 0 Å². The number of likely N-dealkylation sites (tertiary alicyclic amines) is 1. The number of H-pyrrole nitrogens is 1. The van der Waals surface area contributed by atoms with Crippen molar-refractivity contribution in [3.63, 3.8) is 0 Å². The van der Waals surface area contributed by atoms with Gasteiger partial charge in [-0.3, -0.25) is 19.5 Å². The van der Waals surface area contributed by atoms with Gasteiger partial charge < -0.3 is 14.7 Å². The monoisotopic (exact) mass is 579 g/mol. The molecule has 5 aliphatic rings. The molecule has 10 heteroatoms. The molecule has 10 nitrogen and oxygen atoms in total. The smallest absolute Gasteiger partial charge is 0.307 e. The average molecular weight is 580 g/mol. The molecule has 0 unspecified atom stereocenters. The minimum absolute atomic E-state index is 0.172. The highest BCUT2D eigenvalue weighted by Gasteiger charge is 2.51. The van der Waals surface area contributed by atoms with Crippen molar-refractivity contribution < 1.29 is 14.3 Å². The Balaban J connectivity index is 0.852. The molecule has 0 radical (unpaired) electrons. The van der Waals surface area contributed by atoms with Gasteiger partial charge in [0.1, 0.15) is 7.05 Å². The van der Waals surface area contributed by atoms with Crippen LogP contribution in [0.3, 0.4) is 0 Å². The van der Waals surface area contributed by atoms with Gasteiger partial charge in [0.2, 0.25) is 11.8 Å². The van der Waals surface area contributed by atoms with Crippen molar-refractivity contribution in [2.24, 2.45) is 23.4 Å². The maximum atomic E-state index is 13.8. The number of aliphatic imine (C=N–C) groups is 1. The van der Waals surface area contributed by atoms with Gasteiger partial charge in [0.05, 0.1) is 18.5 Å². The molecule has 4 aliphatic heterocycles. The molecule has 2 aromatic carbocycles. The molecule has 3 saturated heterocycles. The molecule has 43 heavy (non-hydrogen) atoms. The summed E-state index contributed by atoms with van der Waals surface area (Å²) in [7, 11) is 1.92. The highest BCUT2D eigenvalue weighted by Crippen LogP contribution is 2.44. The van der Waals surface area contributed by atoms with Gasteiger partial charge in [-0.2, -0.15) is 9.78 Å². The number of aromatic nitrogens is 3. The summed E-state index contributed by atoms with van der Waals surface area (Å²) in [5, 5.41) is 3.20. The van der Waals surface area contributed by atoms with Crippen LogP contribution >= 0.6 is 0 Å². The Morgan fingerprint density at radius 1 is 1.00 bits per heavy atom. The van der Waals surface area contributed by atoms with Crippen LogP contribution in [0.2, 0.25) is 0 Å². The lowest BCUT2D eigenvalue weighted by Gasteiger charge is -2.37. The summed E-state index contributed by atoms with van der Waals surface area (Å²) in [4.78, 5) is 44.9. The summed E-state index contributed by atoms with van der Waals surface area (Å²) in [5.74, 6) is 1.86. The Kier molecular flexibility index (Phi) is 6.36. The number of anilines is 2. The summed E-state index contributed by atoms with van der Waals surface area (Å²) in [6, 6.07) is 14.9. The molecule has 1 atom stereocenters. The number of rotatable bonds is 6. The van der Waals surface area contributed by atoms with Crippen LogP contribution in [0, 0.1) is 11.3 Å². The van der Waals surface area contributed by atoms with Gasteiger partial charge in [-0.1, -0.05) is 6.07 Å². The summed E-state index contributed by atoms with van der Waals surface area (Å²) in [6.07, 6.45) is 5.91. The SMILES string of the molecule is C[n+]1cnc(-c2ccc(N3CCN(C(=O)CN4CC[C@]5(CCN(c6ccc7c(c6)C(C6CC6)=NC7)C5=O)C4)CC3)cc2)[nH]1. The number of hydrogen-bond acceptors (Lipinski definition) is 6. The van der Waals surface area contributed by atoms with Crippen LogP contribution in [-0.2, 0) is 23.2 Å². The standard InChI is InChI=1S/C33H38N8O2/c1-37-22-35-31(36-37)24-4-7-26(8-5-24)39-14-16-40(17-15-39)29(42)20-38-12-10-33(21-38)11-13-41(32(33)43)27-9-6-25-19-34-30(23-2-3-23)28(25)18-27/h4-9,18,22-23H,2-3,10-17,19-21H2,1H3/p+1/t33-/m0/s1. The van der Waals surface area contributed by atoms with E-state index in [1.165, 1.54) is 29.7 Å². The van der Waals surface area contributed by atoms with E-state index in [-0.39, 0.29) is 17.2 Å². The maximum absolute atomic E-state index is 13.8. The fourth-order valence-corrected chi connectivity index (χ4v) is 7.45. The molecule has 5 heterocycles. The molecule has 1 N–H and O–H groups in total. The average Bonchev–Trinajstić information content (AvgIpc) is 3.31. The lowest BCUT2D eigenvalue weighted by Crippen LogP contribution is -2.51. The second kappa shape index (κ2) is 10.3. The van der Waals surface area contributed by atoms with Crippen LogP contribution in [0.15, 0.2) is 53.8 Å². The van der Waals surface area contributed by atoms with Crippen LogP contribution in [0.4, 0.5) is 11.4 Å². The Morgan fingerprint density at radius 3 is 2.51 bits per heavy atom. The van der Waals surface area contributed by atoms with Crippen molar-refractivity contribution in [3.8, 4) is 11.4 Å². The minimum atomic E-state index is -0.370. The van der Waals surface area contributed by atoms with Crippen molar-refractivity contribution in [2.75, 3.05) is 62.2 Å². The number of benzene rings is 2. The van der Waals surface area contributed by atoms with E-state index in [0.717, 1.165) is 68.3 Å². The maximum Gasteiger partial charge on any atom is 0.307 e. The predicted molar refractivity (Wildman–Crippen MR) is 164 cm³/mol. The summed E-state index contributed by atoms with van der Waals surface area (Å²) in [5.41, 5.74) is 6.65. The van der Waals surface area contributed by atoms with Crippen molar-refractivity contribution in [1.29, 1.82) is 0 Å². The quantitative estimate of drug-likeness (QED) is 0.453. The first-order valence-corrected chi connectivity index (χ1v) is 15.7. The van der Waals surface area contributed by atoms with Crippen LogP contribution in [-0.4, -0.2) is 89.8 Å². The third-order valence-corrected chi connectivity index (χ3v) is 10.1. The molecular weight excluding hydrogens is 540 g/mol. The van der Waals surface area contributed by atoms with Crippen LogP contribution in [0.25, 0.3) is 11.4 Å². The third kappa shape index (κ3) is 4.81. The van der Waals surface area contributed by atoms with E-state index < -0.39 is 0 Å². The number of aryl methyl sites for hydroxylation is 1. The zero-order chi connectivity index (χ0) is 29.1. The second-order valence-corrected chi connectivity index (χ2v) is 13.0. The number of fused-ring (bicyclic) bond motifs is 1. The fraction of sp³-hybridized carbons (Fsp3) is 0.485. The van der Waals surface area contributed by atoms with Gasteiger partial charge in [0.15, 0.2) is 0 Å². The largest absolute Gasteiger partial charge is 0.368 e. The van der Waals surface area contributed by atoms with Gasteiger partial charge >= 0.3 is 6.33 Å². The number of carbonyl (C=O) groups is 2. The second-order valence-electron chi connectivity index (χ2n) is 13.0. The third-order valence-electron chi connectivity index (χ3n) is 10.1. The van der Waals surface area contributed by atoms with Gasteiger partial charge in [-0.15, -0.1) is 0 Å². The molecule has 8 rings (SSSR count). The summed E-state index contributed by atoms with van der Waals surface area (Å²) >= 11 is 0. The Morgan fingerprint density at radius 2 is 1.77 bits per heavy atom. The Bertz CT molecular complexity index is 1600. The summed E-state index contributed by atoms with van der Waals surface area (Å²) < 4.78 is 1.83. The number of amides is 2. The fourth-order valence-electron chi connectivity index (χ4n) is 7.45. The summed E-state index contributed by atoms with van der Waals surface area (Å²) in [6.45, 7) is 6.44. The molecule has 1 saturated carbocycles. The van der Waals surface area contributed by atoms with E-state index >= 15 is 0 Å². The minimum Gasteiger partial charge on any atom is -0.368 e. The number of carbonyl (C=O) groups excluding carboxylic acids is 2. The first kappa shape index (κ1) is 26.6. The molecule has 2 amide bonds. The van der Waals surface area contributed by atoms with E-state index in [9.17, 15) is 9.59 Å². The first-order chi connectivity index (χ1) is 21.0. The first-order valence-electron chi connectivity index (χ1n) is 15.7. The number of piperazine rings is 1. The van der Waals surface area contributed by atoms with Crippen molar-refractivity contribution in [1.82, 2.24) is 19.9 Å². The normalized spacial score (nSPS) is 23.9. The van der Waals surface area contributed by atoms with Crippen molar-refractivity contribution in [2.45, 2.75) is 32.2 Å². The van der Waals surface area contributed by atoms with E-state index in [1.807, 2.05) is 21.5 Å². The van der Waals surface area contributed by atoms with E-state index in [2.05, 4.69) is 62.3 Å². The Labute approximate surface area is 252 Å². The zero-order valence-electron chi connectivity index (χ0n) is 24.8. The topological polar surface area (TPSA) is 92.0 Å². The molecule has 3 aromatic rings. The predicted octanol–water partition coefficient (Wildman–Crippen LogP) is 2.39. The van der Waals surface area contributed by atoms with Gasteiger partial charge in [0.25, 0.3) is 5.82 Å². The van der Waals surface area contributed by atoms with E-state index in [1.54, 1.807) is 6.33 Å². The number of nitrogens with one attached hydrogen (secondary N) is 1.